The first-order valence-electron chi connectivity index (χ1n) is 7.40. The standard InChI is InChI=1S/C16H17Cl2N3O3/c1-23-13-5-10-3-4-20(8-11(10)6-14(13)24-2)9-21-16(22)15(18)12(17)7-19-21/h5-7H,3-4,8-9H2,1-2H3. The van der Waals surface area contributed by atoms with Gasteiger partial charge in [0.1, 0.15) is 5.02 Å². The molecule has 128 valence electrons. The third-order valence-corrected chi connectivity index (χ3v) is 4.82. The van der Waals surface area contributed by atoms with Crippen molar-refractivity contribution in [3.8, 4) is 11.5 Å². The third kappa shape index (κ3) is 3.22. The van der Waals surface area contributed by atoms with Crippen LogP contribution in [0.5, 0.6) is 11.5 Å². The molecule has 0 saturated heterocycles. The van der Waals surface area contributed by atoms with Crippen LogP contribution in [0.25, 0.3) is 0 Å². The summed E-state index contributed by atoms with van der Waals surface area (Å²) in [5, 5.41) is 4.21. The van der Waals surface area contributed by atoms with Gasteiger partial charge < -0.3 is 9.47 Å². The summed E-state index contributed by atoms with van der Waals surface area (Å²) in [4.78, 5) is 14.2. The molecule has 8 heteroatoms. The molecule has 0 fully saturated rings. The Hall–Kier alpha value is -1.76. The van der Waals surface area contributed by atoms with E-state index >= 15 is 0 Å². The number of nitrogens with zero attached hydrogens (tertiary/aromatic N) is 3. The molecule has 0 amide bonds. The number of aromatic nitrogens is 2. The fourth-order valence-electron chi connectivity index (χ4n) is 2.80. The van der Waals surface area contributed by atoms with Crippen molar-refractivity contribution in [1.29, 1.82) is 0 Å². The quantitative estimate of drug-likeness (QED) is 0.828. The molecule has 0 bridgehead atoms. The first-order valence-corrected chi connectivity index (χ1v) is 8.16. The van der Waals surface area contributed by atoms with Crippen molar-refractivity contribution in [3.63, 3.8) is 0 Å². The maximum atomic E-state index is 12.1. The average molecular weight is 370 g/mol. The van der Waals surface area contributed by atoms with Gasteiger partial charge in [-0.1, -0.05) is 23.2 Å². The number of halogens is 2. The normalized spacial score (nSPS) is 14.3. The van der Waals surface area contributed by atoms with E-state index in [1.165, 1.54) is 16.4 Å². The van der Waals surface area contributed by atoms with Crippen molar-refractivity contribution >= 4 is 23.2 Å². The molecule has 1 aliphatic rings. The molecule has 0 spiro atoms. The second kappa shape index (κ2) is 7.01. The Bertz CT molecular complexity index is 823. The van der Waals surface area contributed by atoms with E-state index in [4.69, 9.17) is 32.7 Å². The molecular formula is C16H17Cl2N3O3. The van der Waals surface area contributed by atoms with E-state index in [9.17, 15) is 4.79 Å². The second-order valence-electron chi connectivity index (χ2n) is 5.53. The van der Waals surface area contributed by atoms with E-state index in [2.05, 4.69) is 10.00 Å². The number of ether oxygens (including phenoxy) is 2. The van der Waals surface area contributed by atoms with Gasteiger partial charge in [-0.3, -0.25) is 9.69 Å². The van der Waals surface area contributed by atoms with Crippen LogP contribution in [0, 0.1) is 0 Å². The van der Waals surface area contributed by atoms with Gasteiger partial charge in [0.05, 0.1) is 32.1 Å². The summed E-state index contributed by atoms with van der Waals surface area (Å²) >= 11 is 11.7. The first-order chi connectivity index (χ1) is 11.5. The first kappa shape index (κ1) is 17.1. The van der Waals surface area contributed by atoms with Crippen LogP contribution in [0.2, 0.25) is 10.0 Å². The molecule has 3 rings (SSSR count). The molecule has 0 radical (unpaired) electrons. The molecule has 1 aliphatic heterocycles. The summed E-state index contributed by atoms with van der Waals surface area (Å²) in [6, 6.07) is 3.99. The van der Waals surface area contributed by atoms with Crippen LogP contribution < -0.4 is 15.0 Å². The minimum absolute atomic E-state index is 0.00418. The van der Waals surface area contributed by atoms with Gasteiger partial charge in [-0.05, 0) is 29.7 Å². The number of benzene rings is 1. The van der Waals surface area contributed by atoms with Crippen molar-refractivity contribution in [2.24, 2.45) is 0 Å². The molecule has 1 aromatic heterocycles. The van der Waals surface area contributed by atoms with Gasteiger partial charge in [-0.25, -0.2) is 4.68 Å². The van der Waals surface area contributed by atoms with Crippen molar-refractivity contribution in [3.05, 3.63) is 49.9 Å². The fourth-order valence-corrected chi connectivity index (χ4v) is 3.07. The summed E-state index contributed by atoms with van der Waals surface area (Å²) in [5.74, 6) is 1.43. The van der Waals surface area contributed by atoms with Gasteiger partial charge in [-0.2, -0.15) is 5.10 Å². The van der Waals surface area contributed by atoms with E-state index in [1.807, 2.05) is 12.1 Å². The van der Waals surface area contributed by atoms with Gasteiger partial charge >= 0.3 is 0 Å². The largest absolute Gasteiger partial charge is 0.493 e. The second-order valence-corrected chi connectivity index (χ2v) is 6.32. The van der Waals surface area contributed by atoms with E-state index in [1.54, 1.807) is 14.2 Å². The fraction of sp³-hybridized carbons (Fsp3) is 0.375. The van der Waals surface area contributed by atoms with Crippen LogP contribution in [0.4, 0.5) is 0 Å². The molecule has 1 aromatic carbocycles. The van der Waals surface area contributed by atoms with Gasteiger partial charge in [0, 0.05) is 13.1 Å². The Morgan fingerprint density at radius 2 is 1.83 bits per heavy atom. The molecule has 0 atom stereocenters. The Kier molecular flexibility index (Phi) is 4.99. The highest BCUT2D eigenvalue weighted by Crippen LogP contribution is 2.33. The molecule has 2 aromatic rings. The van der Waals surface area contributed by atoms with Crippen molar-refractivity contribution in [1.82, 2.24) is 14.7 Å². The summed E-state index contributed by atoms with van der Waals surface area (Å²) < 4.78 is 12.0. The lowest BCUT2D eigenvalue weighted by atomic mass is 9.99. The summed E-state index contributed by atoms with van der Waals surface area (Å²) in [7, 11) is 3.24. The van der Waals surface area contributed by atoms with Gasteiger partial charge in [0.2, 0.25) is 0 Å². The molecule has 0 N–H and O–H groups in total. The molecule has 2 heterocycles. The Labute approximate surface area is 149 Å². The topological polar surface area (TPSA) is 56.6 Å². The Morgan fingerprint density at radius 3 is 2.50 bits per heavy atom. The Morgan fingerprint density at radius 1 is 1.17 bits per heavy atom. The van der Waals surface area contributed by atoms with Crippen LogP contribution in [0.1, 0.15) is 11.1 Å². The number of hydrogen-bond donors (Lipinski definition) is 0. The van der Waals surface area contributed by atoms with Crippen LogP contribution >= 0.6 is 23.2 Å². The number of methoxy groups -OCH3 is 2. The summed E-state index contributed by atoms with van der Waals surface area (Å²) in [6.45, 7) is 1.84. The minimum atomic E-state index is -0.387. The van der Waals surface area contributed by atoms with Gasteiger partial charge in [-0.15, -0.1) is 0 Å². The van der Waals surface area contributed by atoms with Gasteiger partial charge in [0.25, 0.3) is 5.56 Å². The lowest BCUT2D eigenvalue weighted by Crippen LogP contribution is -2.37. The monoisotopic (exact) mass is 369 g/mol. The highest BCUT2D eigenvalue weighted by molar-refractivity contribution is 6.41. The highest BCUT2D eigenvalue weighted by Gasteiger charge is 2.20. The van der Waals surface area contributed by atoms with Crippen molar-refractivity contribution < 1.29 is 9.47 Å². The zero-order chi connectivity index (χ0) is 17.3. The zero-order valence-electron chi connectivity index (χ0n) is 13.4. The Balaban J connectivity index is 1.83. The number of hydrogen-bond acceptors (Lipinski definition) is 5. The maximum Gasteiger partial charge on any atom is 0.288 e. The van der Waals surface area contributed by atoms with Crippen molar-refractivity contribution in [2.75, 3.05) is 20.8 Å². The van der Waals surface area contributed by atoms with Crippen molar-refractivity contribution in [2.45, 2.75) is 19.6 Å². The summed E-state index contributed by atoms with van der Waals surface area (Å²) in [6.07, 6.45) is 2.24. The summed E-state index contributed by atoms with van der Waals surface area (Å²) in [5.41, 5.74) is 1.98. The minimum Gasteiger partial charge on any atom is -0.493 e. The predicted molar refractivity (Wildman–Crippen MR) is 92.2 cm³/mol. The van der Waals surface area contributed by atoms with Gasteiger partial charge in [0.15, 0.2) is 11.5 Å². The number of fused-ring (bicyclic) bond motifs is 1. The highest BCUT2D eigenvalue weighted by atomic mass is 35.5. The SMILES string of the molecule is COc1cc2c(cc1OC)CN(Cn1ncc(Cl)c(Cl)c1=O)CC2. The molecular weight excluding hydrogens is 353 g/mol. The van der Waals surface area contributed by atoms with E-state index < -0.39 is 0 Å². The predicted octanol–water partition coefficient (Wildman–Crippen LogP) is 2.58. The lowest BCUT2D eigenvalue weighted by molar-refractivity contribution is 0.184. The molecule has 0 unspecified atom stereocenters. The molecule has 0 aliphatic carbocycles. The molecule has 6 nitrogen and oxygen atoms in total. The maximum absolute atomic E-state index is 12.1. The van der Waals surface area contributed by atoms with E-state index in [-0.39, 0.29) is 15.6 Å². The number of rotatable bonds is 4. The smallest absolute Gasteiger partial charge is 0.288 e. The van der Waals surface area contributed by atoms with E-state index in [0.29, 0.717) is 19.0 Å². The van der Waals surface area contributed by atoms with Crippen LogP contribution in [0.15, 0.2) is 23.1 Å². The van der Waals surface area contributed by atoms with E-state index in [0.717, 1.165) is 24.3 Å². The van der Waals surface area contributed by atoms with Crippen LogP contribution in [-0.2, 0) is 19.6 Å². The third-order valence-electron chi connectivity index (χ3n) is 4.07. The molecule has 0 saturated carbocycles. The van der Waals surface area contributed by atoms with Crippen LogP contribution in [0.3, 0.4) is 0 Å². The zero-order valence-corrected chi connectivity index (χ0v) is 14.9. The lowest BCUT2D eigenvalue weighted by Gasteiger charge is -2.29. The average Bonchev–Trinajstić information content (AvgIpc) is 2.60. The van der Waals surface area contributed by atoms with Crippen LogP contribution in [-0.4, -0.2) is 35.4 Å². The molecule has 24 heavy (non-hydrogen) atoms.